The molecule has 1 amide bonds. The molecule has 96 valence electrons. The molecule has 0 spiro atoms. The number of carbonyl (C=O) groups is 1. The highest BCUT2D eigenvalue weighted by Gasteiger charge is 2.15. The van der Waals surface area contributed by atoms with Gasteiger partial charge in [0.1, 0.15) is 9.88 Å². The number of carbonyl (C=O) groups excluding carboxylic acids is 1. The van der Waals surface area contributed by atoms with Crippen molar-refractivity contribution in [3.8, 4) is 9.88 Å². The van der Waals surface area contributed by atoms with Gasteiger partial charge in [-0.15, -0.1) is 22.7 Å². The number of amides is 1. The summed E-state index contributed by atoms with van der Waals surface area (Å²) in [4.78, 5) is 18.2. The summed E-state index contributed by atoms with van der Waals surface area (Å²) in [6.07, 6.45) is 0. The third-order valence-electron chi connectivity index (χ3n) is 2.40. The van der Waals surface area contributed by atoms with Gasteiger partial charge in [0.25, 0.3) is 5.91 Å². The summed E-state index contributed by atoms with van der Waals surface area (Å²) < 4.78 is 0. The van der Waals surface area contributed by atoms with Crippen LogP contribution in [0, 0.1) is 6.92 Å². The van der Waals surface area contributed by atoms with Gasteiger partial charge >= 0.3 is 0 Å². The van der Waals surface area contributed by atoms with E-state index in [1.165, 1.54) is 11.3 Å². The molecule has 6 heteroatoms. The topological polar surface area (TPSA) is 54.0 Å². The Morgan fingerprint density at radius 3 is 2.94 bits per heavy atom. The second-order valence-electron chi connectivity index (χ2n) is 3.77. The smallest absolute Gasteiger partial charge is 0.263 e. The second kappa shape index (κ2) is 6.08. The SMILES string of the molecule is CNCCNC(=O)c1sc(-c2cccs2)nc1C. The first kappa shape index (κ1) is 13.2. The summed E-state index contributed by atoms with van der Waals surface area (Å²) in [7, 11) is 1.86. The molecule has 0 bridgehead atoms. The Kier molecular flexibility index (Phi) is 4.46. The van der Waals surface area contributed by atoms with Crippen molar-refractivity contribution in [1.29, 1.82) is 0 Å². The van der Waals surface area contributed by atoms with E-state index < -0.39 is 0 Å². The highest BCUT2D eigenvalue weighted by atomic mass is 32.1. The fraction of sp³-hybridized carbons (Fsp3) is 0.333. The van der Waals surface area contributed by atoms with Gasteiger partial charge in [0.2, 0.25) is 0 Å². The van der Waals surface area contributed by atoms with Gasteiger partial charge < -0.3 is 10.6 Å². The molecule has 0 saturated heterocycles. The largest absolute Gasteiger partial charge is 0.350 e. The molecular weight excluding hydrogens is 266 g/mol. The fourth-order valence-corrected chi connectivity index (χ4v) is 3.27. The number of hydrogen-bond acceptors (Lipinski definition) is 5. The van der Waals surface area contributed by atoms with Crippen LogP contribution in [0.3, 0.4) is 0 Å². The first-order chi connectivity index (χ1) is 8.72. The van der Waals surface area contributed by atoms with Crippen molar-refractivity contribution in [2.75, 3.05) is 20.1 Å². The number of hydrogen-bond donors (Lipinski definition) is 2. The van der Waals surface area contributed by atoms with E-state index in [-0.39, 0.29) is 5.91 Å². The van der Waals surface area contributed by atoms with Crippen LogP contribution in [0.25, 0.3) is 9.88 Å². The summed E-state index contributed by atoms with van der Waals surface area (Å²) in [6.45, 7) is 3.27. The summed E-state index contributed by atoms with van der Waals surface area (Å²) in [6, 6.07) is 4.01. The molecule has 0 aliphatic rings. The zero-order valence-electron chi connectivity index (χ0n) is 10.3. The first-order valence-corrected chi connectivity index (χ1v) is 7.36. The lowest BCUT2D eigenvalue weighted by molar-refractivity contribution is 0.0957. The van der Waals surface area contributed by atoms with Crippen LogP contribution in [-0.2, 0) is 0 Å². The molecule has 0 unspecified atom stereocenters. The molecule has 0 aromatic carbocycles. The van der Waals surface area contributed by atoms with E-state index >= 15 is 0 Å². The van der Waals surface area contributed by atoms with E-state index in [0.717, 1.165) is 22.1 Å². The quantitative estimate of drug-likeness (QED) is 0.826. The number of aryl methyl sites for hydroxylation is 1. The molecule has 0 atom stereocenters. The number of thiazole rings is 1. The van der Waals surface area contributed by atoms with Gasteiger partial charge in [0.15, 0.2) is 0 Å². The van der Waals surface area contributed by atoms with E-state index in [2.05, 4.69) is 15.6 Å². The third-order valence-corrected chi connectivity index (χ3v) is 4.59. The van der Waals surface area contributed by atoms with E-state index in [1.807, 2.05) is 31.5 Å². The van der Waals surface area contributed by atoms with Crippen molar-refractivity contribution in [1.82, 2.24) is 15.6 Å². The van der Waals surface area contributed by atoms with Gasteiger partial charge in [-0.25, -0.2) is 4.98 Å². The predicted octanol–water partition coefficient (Wildman–Crippen LogP) is 2.13. The van der Waals surface area contributed by atoms with Crippen LogP contribution in [-0.4, -0.2) is 31.0 Å². The summed E-state index contributed by atoms with van der Waals surface area (Å²) >= 11 is 3.09. The number of nitrogens with one attached hydrogen (secondary N) is 2. The normalized spacial score (nSPS) is 10.6. The Bertz CT molecular complexity index is 519. The van der Waals surface area contributed by atoms with Crippen LogP contribution in [0.15, 0.2) is 17.5 Å². The number of rotatable bonds is 5. The maximum atomic E-state index is 12.0. The van der Waals surface area contributed by atoms with Crippen molar-refractivity contribution in [3.05, 3.63) is 28.1 Å². The second-order valence-corrected chi connectivity index (χ2v) is 5.72. The van der Waals surface area contributed by atoms with E-state index in [9.17, 15) is 4.79 Å². The molecule has 2 heterocycles. The van der Waals surface area contributed by atoms with E-state index in [0.29, 0.717) is 11.4 Å². The molecule has 0 fully saturated rings. The Hall–Kier alpha value is -1.24. The van der Waals surface area contributed by atoms with Crippen LogP contribution >= 0.6 is 22.7 Å². The van der Waals surface area contributed by atoms with Crippen LogP contribution in [0.2, 0.25) is 0 Å². The third kappa shape index (κ3) is 2.95. The minimum atomic E-state index is -0.0388. The lowest BCUT2D eigenvalue weighted by atomic mass is 10.3. The highest BCUT2D eigenvalue weighted by Crippen LogP contribution is 2.30. The van der Waals surface area contributed by atoms with Crippen LogP contribution < -0.4 is 10.6 Å². The predicted molar refractivity (Wildman–Crippen MR) is 76.4 cm³/mol. The summed E-state index contributed by atoms with van der Waals surface area (Å²) in [5.41, 5.74) is 0.797. The van der Waals surface area contributed by atoms with E-state index in [4.69, 9.17) is 0 Å². The number of likely N-dealkylation sites (N-methyl/N-ethyl adjacent to an activating group) is 1. The maximum absolute atomic E-state index is 12.0. The molecular formula is C12H15N3OS2. The van der Waals surface area contributed by atoms with Crippen molar-refractivity contribution in [2.45, 2.75) is 6.92 Å². The minimum Gasteiger partial charge on any atom is -0.350 e. The lowest BCUT2D eigenvalue weighted by Crippen LogP contribution is -2.30. The van der Waals surface area contributed by atoms with Gasteiger partial charge in [-0.05, 0) is 25.4 Å². The number of aromatic nitrogens is 1. The highest BCUT2D eigenvalue weighted by molar-refractivity contribution is 7.22. The fourth-order valence-electron chi connectivity index (χ4n) is 1.49. The lowest BCUT2D eigenvalue weighted by Gasteiger charge is -2.02. The van der Waals surface area contributed by atoms with Crippen molar-refractivity contribution in [2.24, 2.45) is 0 Å². The standard InChI is InChI=1S/C12H15N3OS2/c1-8-10(11(16)14-6-5-13-2)18-12(15-8)9-4-3-7-17-9/h3-4,7,13H,5-6H2,1-2H3,(H,14,16). The van der Waals surface area contributed by atoms with Gasteiger partial charge in [0, 0.05) is 13.1 Å². The Labute approximate surface area is 114 Å². The summed E-state index contributed by atoms with van der Waals surface area (Å²) in [5.74, 6) is -0.0388. The number of thiophene rings is 1. The monoisotopic (exact) mass is 281 g/mol. The molecule has 0 radical (unpaired) electrons. The summed E-state index contributed by atoms with van der Waals surface area (Å²) in [5, 5.41) is 8.79. The molecule has 4 nitrogen and oxygen atoms in total. The number of nitrogens with zero attached hydrogens (tertiary/aromatic N) is 1. The zero-order valence-corrected chi connectivity index (χ0v) is 12.0. The van der Waals surface area contributed by atoms with Gasteiger partial charge in [-0.2, -0.15) is 0 Å². The molecule has 0 aliphatic heterocycles. The molecule has 18 heavy (non-hydrogen) atoms. The average Bonchev–Trinajstić information content (AvgIpc) is 2.97. The molecule has 2 rings (SSSR count). The van der Waals surface area contributed by atoms with Gasteiger partial charge in [-0.1, -0.05) is 6.07 Å². The molecule has 0 saturated carbocycles. The van der Waals surface area contributed by atoms with Crippen LogP contribution in [0.5, 0.6) is 0 Å². The Morgan fingerprint density at radius 2 is 2.28 bits per heavy atom. The molecule has 2 aromatic heterocycles. The van der Waals surface area contributed by atoms with Crippen LogP contribution in [0.4, 0.5) is 0 Å². The minimum absolute atomic E-state index is 0.0388. The Morgan fingerprint density at radius 1 is 1.44 bits per heavy atom. The molecule has 0 aliphatic carbocycles. The van der Waals surface area contributed by atoms with Crippen LogP contribution in [0.1, 0.15) is 15.4 Å². The Balaban J connectivity index is 2.12. The first-order valence-electron chi connectivity index (χ1n) is 5.66. The van der Waals surface area contributed by atoms with Gasteiger partial charge in [-0.3, -0.25) is 4.79 Å². The van der Waals surface area contributed by atoms with Crippen molar-refractivity contribution < 1.29 is 4.79 Å². The van der Waals surface area contributed by atoms with Gasteiger partial charge in [0.05, 0.1) is 10.6 Å². The zero-order chi connectivity index (χ0) is 13.0. The van der Waals surface area contributed by atoms with Crippen molar-refractivity contribution >= 4 is 28.6 Å². The van der Waals surface area contributed by atoms with E-state index in [1.54, 1.807) is 11.3 Å². The molecule has 2 N–H and O–H groups in total. The average molecular weight is 281 g/mol. The molecule has 2 aromatic rings. The maximum Gasteiger partial charge on any atom is 0.263 e. The van der Waals surface area contributed by atoms with Crippen molar-refractivity contribution in [3.63, 3.8) is 0 Å².